The second-order valence-corrected chi connectivity index (χ2v) is 5.05. The molecule has 0 amide bonds. The summed E-state index contributed by atoms with van der Waals surface area (Å²) in [5.41, 5.74) is 9.02. The van der Waals surface area contributed by atoms with Gasteiger partial charge in [0.2, 0.25) is 0 Å². The van der Waals surface area contributed by atoms with Crippen LogP contribution in [0.25, 0.3) is 10.9 Å². The summed E-state index contributed by atoms with van der Waals surface area (Å²) in [6.45, 7) is 2.80. The summed E-state index contributed by atoms with van der Waals surface area (Å²) in [7, 11) is 0. The molecule has 0 fully saturated rings. The molecule has 2 heterocycles. The van der Waals surface area contributed by atoms with Crippen LogP contribution in [0.2, 0.25) is 0 Å². The molecular formula is C13H13N3S. The van der Waals surface area contributed by atoms with Gasteiger partial charge in [-0.05, 0) is 19.1 Å². The van der Waals surface area contributed by atoms with Gasteiger partial charge in [-0.1, -0.05) is 12.1 Å². The van der Waals surface area contributed by atoms with Crippen LogP contribution in [0, 0.1) is 6.92 Å². The van der Waals surface area contributed by atoms with E-state index in [4.69, 9.17) is 5.73 Å². The first-order valence-corrected chi connectivity index (χ1v) is 6.36. The van der Waals surface area contributed by atoms with Crippen LogP contribution in [-0.2, 0) is 6.54 Å². The van der Waals surface area contributed by atoms with Crippen molar-refractivity contribution in [2.24, 2.45) is 0 Å². The zero-order chi connectivity index (χ0) is 11.8. The maximum absolute atomic E-state index is 6.02. The minimum atomic E-state index is 0.788. The number of para-hydroxylation sites is 1. The van der Waals surface area contributed by atoms with E-state index >= 15 is 0 Å². The lowest BCUT2D eigenvalue weighted by molar-refractivity contribution is 0.825. The van der Waals surface area contributed by atoms with Gasteiger partial charge in [-0.2, -0.15) is 0 Å². The maximum Gasteiger partial charge on any atom is 0.113 e. The van der Waals surface area contributed by atoms with Gasteiger partial charge < -0.3 is 10.3 Å². The molecule has 1 aromatic carbocycles. The smallest absolute Gasteiger partial charge is 0.113 e. The van der Waals surface area contributed by atoms with Crippen LogP contribution in [0.15, 0.2) is 35.8 Å². The van der Waals surface area contributed by atoms with E-state index in [1.807, 2.05) is 19.1 Å². The van der Waals surface area contributed by atoms with Crippen LogP contribution in [0.3, 0.4) is 0 Å². The summed E-state index contributed by atoms with van der Waals surface area (Å²) in [6.07, 6.45) is 2.07. The van der Waals surface area contributed by atoms with Crippen molar-refractivity contribution in [2.75, 3.05) is 5.73 Å². The average molecular weight is 243 g/mol. The highest BCUT2D eigenvalue weighted by atomic mass is 32.1. The number of aryl methyl sites for hydroxylation is 1. The summed E-state index contributed by atoms with van der Waals surface area (Å²) in [4.78, 5) is 4.48. The molecule has 3 nitrogen and oxygen atoms in total. The van der Waals surface area contributed by atoms with Crippen molar-refractivity contribution in [3.8, 4) is 0 Å². The Morgan fingerprint density at radius 2 is 2.24 bits per heavy atom. The van der Waals surface area contributed by atoms with Crippen LogP contribution in [-0.4, -0.2) is 9.55 Å². The molecule has 3 rings (SSSR count). The van der Waals surface area contributed by atoms with E-state index in [1.54, 1.807) is 11.3 Å². The summed E-state index contributed by atoms with van der Waals surface area (Å²) < 4.78 is 2.16. The van der Waals surface area contributed by atoms with Gasteiger partial charge in [0.15, 0.2) is 0 Å². The van der Waals surface area contributed by atoms with E-state index in [0.29, 0.717) is 0 Å². The number of thiazole rings is 1. The monoisotopic (exact) mass is 243 g/mol. The third-order valence-corrected chi connectivity index (χ3v) is 3.74. The molecule has 0 bridgehead atoms. The Bertz CT molecular complexity index is 666. The second kappa shape index (κ2) is 3.89. The molecule has 0 radical (unpaired) electrons. The van der Waals surface area contributed by atoms with Gasteiger partial charge in [0.05, 0.1) is 17.7 Å². The number of anilines is 1. The molecule has 4 heteroatoms. The van der Waals surface area contributed by atoms with Crippen LogP contribution >= 0.6 is 11.3 Å². The van der Waals surface area contributed by atoms with Gasteiger partial charge in [-0.15, -0.1) is 11.3 Å². The molecule has 0 spiro atoms. The fourth-order valence-electron chi connectivity index (χ4n) is 2.04. The Labute approximate surface area is 104 Å². The van der Waals surface area contributed by atoms with E-state index < -0.39 is 0 Å². The average Bonchev–Trinajstić information content (AvgIpc) is 2.88. The summed E-state index contributed by atoms with van der Waals surface area (Å²) in [5, 5.41) is 4.37. The number of nitrogens with two attached hydrogens (primary N) is 1. The van der Waals surface area contributed by atoms with Crippen molar-refractivity contribution < 1.29 is 0 Å². The van der Waals surface area contributed by atoms with Gasteiger partial charge in [-0.25, -0.2) is 4.98 Å². The number of rotatable bonds is 2. The highest BCUT2D eigenvalue weighted by molar-refractivity contribution is 7.09. The molecule has 2 aromatic heterocycles. The molecule has 2 N–H and O–H groups in total. The summed E-state index contributed by atoms with van der Waals surface area (Å²) >= 11 is 1.69. The molecule has 0 aliphatic heterocycles. The molecule has 86 valence electrons. The minimum absolute atomic E-state index is 0.788. The first-order valence-electron chi connectivity index (χ1n) is 5.48. The van der Waals surface area contributed by atoms with Crippen molar-refractivity contribution in [1.29, 1.82) is 0 Å². The first-order chi connectivity index (χ1) is 8.24. The molecule has 0 aliphatic rings. The van der Waals surface area contributed by atoms with Gasteiger partial charge in [0, 0.05) is 22.7 Å². The Hall–Kier alpha value is -1.81. The van der Waals surface area contributed by atoms with Crippen molar-refractivity contribution in [3.63, 3.8) is 0 Å². The lowest BCUT2D eigenvalue weighted by atomic mass is 10.2. The van der Waals surface area contributed by atoms with Crippen molar-refractivity contribution in [3.05, 3.63) is 46.5 Å². The van der Waals surface area contributed by atoms with Crippen LogP contribution < -0.4 is 5.73 Å². The van der Waals surface area contributed by atoms with Crippen LogP contribution in [0.1, 0.15) is 10.7 Å². The number of hydrogen-bond acceptors (Lipinski definition) is 3. The number of hydrogen-bond donors (Lipinski definition) is 1. The van der Waals surface area contributed by atoms with Gasteiger partial charge in [0.1, 0.15) is 5.01 Å². The highest BCUT2D eigenvalue weighted by Crippen LogP contribution is 2.23. The molecule has 0 aliphatic carbocycles. The predicted octanol–water partition coefficient (Wildman–Crippen LogP) is 3.04. The topological polar surface area (TPSA) is 43.8 Å². The fraction of sp³-hybridized carbons (Fsp3) is 0.154. The molecule has 0 saturated heterocycles. The Morgan fingerprint density at radius 1 is 1.35 bits per heavy atom. The lowest BCUT2D eigenvalue weighted by Crippen LogP contribution is -1.99. The third-order valence-electron chi connectivity index (χ3n) is 2.79. The number of nitrogen functional groups attached to an aromatic ring is 1. The van der Waals surface area contributed by atoms with Gasteiger partial charge in [0.25, 0.3) is 0 Å². The fourth-order valence-corrected chi connectivity index (χ4v) is 2.81. The van der Waals surface area contributed by atoms with Gasteiger partial charge in [-0.3, -0.25) is 0 Å². The number of benzene rings is 1. The SMILES string of the molecule is Cc1csc(Cn2ccc3cccc(N)c32)n1. The molecule has 0 unspecified atom stereocenters. The van der Waals surface area contributed by atoms with Crippen LogP contribution in [0.5, 0.6) is 0 Å². The molecule has 0 atom stereocenters. The third kappa shape index (κ3) is 1.80. The summed E-state index contributed by atoms with van der Waals surface area (Å²) in [5.74, 6) is 0. The zero-order valence-corrected chi connectivity index (χ0v) is 10.4. The van der Waals surface area contributed by atoms with E-state index in [1.165, 1.54) is 5.39 Å². The maximum atomic E-state index is 6.02. The molecular weight excluding hydrogens is 230 g/mol. The highest BCUT2D eigenvalue weighted by Gasteiger charge is 2.06. The van der Waals surface area contributed by atoms with E-state index in [0.717, 1.165) is 28.5 Å². The van der Waals surface area contributed by atoms with Gasteiger partial charge >= 0.3 is 0 Å². The largest absolute Gasteiger partial charge is 0.397 e. The second-order valence-electron chi connectivity index (χ2n) is 4.11. The van der Waals surface area contributed by atoms with E-state index in [9.17, 15) is 0 Å². The van der Waals surface area contributed by atoms with Crippen molar-refractivity contribution in [2.45, 2.75) is 13.5 Å². The number of aromatic nitrogens is 2. The minimum Gasteiger partial charge on any atom is -0.397 e. The number of nitrogens with zero attached hydrogens (tertiary/aromatic N) is 2. The molecule has 17 heavy (non-hydrogen) atoms. The predicted molar refractivity (Wildman–Crippen MR) is 72.3 cm³/mol. The van der Waals surface area contributed by atoms with E-state index in [2.05, 4.69) is 33.3 Å². The molecule has 3 aromatic rings. The van der Waals surface area contributed by atoms with Crippen molar-refractivity contribution >= 4 is 27.9 Å². The first kappa shape index (κ1) is 10.4. The summed E-state index contributed by atoms with van der Waals surface area (Å²) in [6, 6.07) is 8.09. The Kier molecular flexibility index (Phi) is 2.37. The number of fused-ring (bicyclic) bond motifs is 1. The van der Waals surface area contributed by atoms with Crippen LogP contribution in [0.4, 0.5) is 5.69 Å². The standard InChI is InChI=1S/C13H13N3S/c1-9-8-17-12(15-9)7-16-6-5-10-3-2-4-11(14)13(10)16/h2-6,8H,7,14H2,1H3. The Balaban J connectivity index is 2.06. The Morgan fingerprint density at radius 3 is 3.00 bits per heavy atom. The lowest BCUT2D eigenvalue weighted by Gasteiger charge is -2.05. The molecule has 0 saturated carbocycles. The quantitative estimate of drug-likeness (QED) is 0.703. The van der Waals surface area contributed by atoms with Crippen molar-refractivity contribution in [1.82, 2.24) is 9.55 Å². The normalized spacial score (nSPS) is 11.1. The van der Waals surface area contributed by atoms with E-state index in [-0.39, 0.29) is 0 Å². The zero-order valence-electron chi connectivity index (χ0n) is 9.55.